The number of halogens is 2. The highest BCUT2D eigenvalue weighted by molar-refractivity contribution is 7.22. The van der Waals surface area contributed by atoms with Crippen LogP contribution >= 0.6 is 22.9 Å². The van der Waals surface area contributed by atoms with Gasteiger partial charge >= 0.3 is 6.03 Å². The van der Waals surface area contributed by atoms with Crippen LogP contribution in [0.3, 0.4) is 0 Å². The van der Waals surface area contributed by atoms with Gasteiger partial charge in [-0.15, -0.1) is 0 Å². The van der Waals surface area contributed by atoms with Crippen LogP contribution < -0.4 is 10.2 Å². The molecule has 2 amide bonds. The van der Waals surface area contributed by atoms with E-state index in [4.69, 9.17) is 11.6 Å². The van der Waals surface area contributed by atoms with Gasteiger partial charge in [-0.05, 0) is 42.5 Å². The molecule has 0 bridgehead atoms. The quantitative estimate of drug-likeness (QED) is 0.703. The molecule has 2 heterocycles. The molecule has 8 heteroatoms. The normalized spacial score (nSPS) is 14.7. The van der Waals surface area contributed by atoms with Crippen molar-refractivity contribution in [1.82, 2.24) is 9.88 Å². The molecule has 1 aromatic heterocycles. The van der Waals surface area contributed by atoms with E-state index in [1.54, 1.807) is 28.4 Å². The third-order valence-corrected chi connectivity index (χ3v) is 5.59. The summed E-state index contributed by atoms with van der Waals surface area (Å²) in [7, 11) is 0. The number of amides is 2. The van der Waals surface area contributed by atoms with Crippen LogP contribution in [0.5, 0.6) is 0 Å². The molecule has 26 heavy (non-hydrogen) atoms. The number of anilines is 2. The van der Waals surface area contributed by atoms with Crippen molar-refractivity contribution in [1.29, 1.82) is 0 Å². The van der Waals surface area contributed by atoms with Crippen LogP contribution in [-0.2, 0) is 0 Å². The van der Waals surface area contributed by atoms with E-state index in [0.29, 0.717) is 36.9 Å². The van der Waals surface area contributed by atoms with Gasteiger partial charge in [0.15, 0.2) is 5.13 Å². The summed E-state index contributed by atoms with van der Waals surface area (Å²) in [6.45, 7) is 2.63. The second-order valence-electron chi connectivity index (χ2n) is 6.02. The number of hydrogen-bond donors (Lipinski definition) is 1. The number of urea groups is 1. The van der Waals surface area contributed by atoms with Crippen LogP contribution in [0.4, 0.5) is 20.0 Å². The maximum Gasteiger partial charge on any atom is 0.321 e. The fraction of sp³-hybridized carbons (Fsp3) is 0.222. The summed E-state index contributed by atoms with van der Waals surface area (Å²) in [4.78, 5) is 20.9. The first-order valence-corrected chi connectivity index (χ1v) is 9.40. The van der Waals surface area contributed by atoms with Crippen LogP contribution in [0.25, 0.3) is 10.2 Å². The summed E-state index contributed by atoms with van der Waals surface area (Å²) in [5.74, 6) is -0.325. The van der Waals surface area contributed by atoms with Crippen molar-refractivity contribution in [2.45, 2.75) is 0 Å². The van der Waals surface area contributed by atoms with Gasteiger partial charge < -0.3 is 15.1 Å². The maximum atomic E-state index is 12.9. The standard InChI is InChI=1S/C18H16ClFN4OS/c19-12-1-6-15-16(11-12)26-18(22-15)24-9-7-23(8-10-24)17(25)21-14-4-2-13(20)3-5-14/h1-6,11H,7-10H2,(H,21,25). The van der Waals surface area contributed by atoms with Crippen molar-refractivity contribution in [3.8, 4) is 0 Å². The lowest BCUT2D eigenvalue weighted by Gasteiger charge is -2.34. The number of carbonyl (C=O) groups excluding carboxylic acids is 1. The summed E-state index contributed by atoms with van der Waals surface area (Å²) < 4.78 is 14.0. The summed E-state index contributed by atoms with van der Waals surface area (Å²) in [5, 5.41) is 4.44. The number of hydrogen-bond acceptors (Lipinski definition) is 4. The fourth-order valence-corrected chi connectivity index (χ4v) is 4.15. The van der Waals surface area contributed by atoms with Crippen LogP contribution in [0.15, 0.2) is 42.5 Å². The number of fused-ring (bicyclic) bond motifs is 1. The Labute approximate surface area is 159 Å². The smallest absolute Gasteiger partial charge is 0.321 e. The molecule has 1 aliphatic heterocycles. The van der Waals surface area contributed by atoms with Gasteiger partial charge in [-0.3, -0.25) is 0 Å². The molecular formula is C18H16ClFN4OS. The van der Waals surface area contributed by atoms with Gasteiger partial charge in [0, 0.05) is 36.9 Å². The molecule has 4 rings (SSSR count). The third-order valence-electron chi connectivity index (χ3n) is 4.27. The van der Waals surface area contributed by atoms with Gasteiger partial charge in [0.25, 0.3) is 0 Å². The van der Waals surface area contributed by atoms with E-state index in [-0.39, 0.29) is 11.8 Å². The van der Waals surface area contributed by atoms with E-state index in [0.717, 1.165) is 15.3 Å². The predicted octanol–water partition coefficient (Wildman–Crippen LogP) is 4.44. The van der Waals surface area contributed by atoms with Gasteiger partial charge in [0.1, 0.15) is 5.82 Å². The lowest BCUT2D eigenvalue weighted by Crippen LogP contribution is -2.50. The molecule has 0 saturated carbocycles. The molecule has 0 radical (unpaired) electrons. The van der Waals surface area contributed by atoms with Crippen molar-refractivity contribution in [3.05, 3.63) is 53.3 Å². The summed E-state index contributed by atoms with van der Waals surface area (Å²) in [5.41, 5.74) is 1.52. The van der Waals surface area contributed by atoms with E-state index in [1.807, 2.05) is 18.2 Å². The van der Waals surface area contributed by atoms with Crippen LogP contribution in [0.2, 0.25) is 5.02 Å². The Morgan fingerprint density at radius 1 is 1.12 bits per heavy atom. The van der Waals surface area contributed by atoms with Gasteiger partial charge in [-0.1, -0.05) is 22.9 Å². The first kappa shape index (κ1) is 17.1. The molecule has 0 atom stereocenters. The molecule has 3 aromatic rings. The Kier molecular flexibility index (Phi) is 4.65. The first-order valence-electron chi connectivity index (χ1n) is 8.21. The SMILES string of the molecule is O=C(Nc1ccc(F)cc1)N1CCN(c2nc3ccc(Cl)cc3s2)CC1. The van der Waals surface area contributed by atoms with Crippen molar-refractivity contribution >= 4 is 50.0 Å². The molecule has 1 fully saturated rings. The van der Waals surface area contributed by atoms with Crippen molar-refractivity contribution < 1.29 is 9.18 Å². The third kappa shape index (κ3) is 3.59. The Bertz CT molecular complexity index is 938. The monoisotopic (exact) mass is 390 g/mol. The van der Waals surface area contributed by atoms with Gasteiger partial charge in [0.05, 0.1) is 10.2 Å². The molecule has 134 valence electrons. The van der Waals surface area contributed by atoms with Gasteiger partial charge in [-0.25, -0.2) is 14.2 Å². The molecule has 0 unspecified atom stereocenters. The largest absolute Gasteiger partial charge is 0.345 e. The average molecular weight is 391 g/mol. The lowest BCUT2D eigenvalue weighted by atomic mass is 10.3. The number of nitrogens with zero attached hydrogens (tertiary/aromatic N) is 3. The average Bonchev–Trinajstić information content (AvgIpc) is 3.07. The van der Waals surface area contributed by atoms with Crippen LogP contribution in [-0.4, -0.2) is 42.1 Å². The molecule has 1 N–H and O–H groups in total. The molecule has 0 spiro atoms. The highest BCUT2D eigenvalue weighted by atomic mass is 35.5. The van der Waals surface area contributed by atoms with E-state index in [1.165, 1.54) is 12.1 Å². The second kappa shape index (κ2) is 7.09. The summed E-state index contributed by atoms with van der Waals surface area (Å²) in [6, 6.07) is 11.3. The van der Waals surface area contributed by atoms with E-state index < -0.39 is 0 Å². The molecule has 1 aliphatic rings. The van der Waals surface area contributed by atoms with Crippen molar-refractivity contribution in [2.75, 3.05) is 36.4 Å². The van der Waals surface area contributed by atoms with Crippen LogP contribution in [0, 0.1) is 5.82 Å². The highest BCUT2D eigenvalue weighted by Crippen LogP contribution is 2.31. The van der Waals surface area contributed by atoms with Gasteiger partial charge in [0.2, 0.25) is 0 Å². The Balaban J connectivity index is 1.38. The zero-order valence-corrected chi connectivity index (χ0v) is 15.4. The number of thiazole rings is 1. The minimum absolute atomic E-state index is 0.174. The Morgan fingerprint density at radius 2 is 1.85 bits per heavy atom. The highest BCUT2D eigenvalue weighted by Gasteiger charge is 2.23. The first-order chi connectivity index (χ1) is 12.6. The topological polar surface area (TPSA) is 48.5 Å². The second-order valence-corrected chi connectivity index (χ2v) is 7.47. The molecule has 5 nitrogen and oxygen atoms in total. The van der Waals surface area contributed by atoms with E-state index in [9.17, 15) is 9.18 Å². The number of nitrogens with one attached hydrogen (secondary N) is 1. The number of piperazine rings is 1. The molecule has 1 saturated heterocycles. The molecule has 0 aliphatic carbocycles. The van der Waals surface area contributed by atoms with Crippen LogP contribution in [0.1, 0.15) is 0 Å². The minimum atomic E-state index is -0.325. The van der Waals surface area contributed by atoms with Crippen molar-refractivity contribution in [3.63, 3.8) is 0 Å². The minimum Gasteiger partial charge on any atom is -0.345 e. The van der Waals surface area contributed by atoms with E-state index in [2.05, 4.69) is 15.2 Å². The fourth-order valence-electron chi connectivity index (χ4n) is 2.86. The molecular weight excluding hydrogens is 375 g/mol. The summed E-state index contributed by atoms with van der Waals surface area (Å²) in [6.07, 6.45) is 0. The van der Waals surface area contributed by atoms with E-state index >= 15 is 0 Å². The Hall–Kier alpha value is -2.38. The Morgan fingerprint density at radius 3 is 2.58 bits per heavy atom. The zero-order chi connectivity index (χ0) is 18.1. The maximum absolute atomic E-state index is 12.9. The van der Waals surface area contributed by atoms with Gasteiger partial charge in [-0.2, -0.15) is 0 Å². The van der Waals surface area contributed by atoms with Crippen molar-refractivity contribution in [2.24, 2.45) is 0 Å². The number of carbonyl (C=O) groups is 1. The number of rotatable bonds is 2. The summed E-state index contributed by atoms with van der Waals surface area (Å²) >= 11 is 7.64. The number of aromatic nitrogens is 1. The lowest BCUT2D eigenvalue weighted by molar-refractivity contribution is 0.208. The predicted molar refractivity (Wildman–Crippen MR) is 104 cm³/mol. The molecule has 2 aromatic carbocycles. The zero-order valence-electron chi connectivity index (χ0n) is 13.8. The number of benzene rings is 2.